The lowest BCUT2D eigenvalue weighted by Crippen LogP contribution is -2.45. The second kappa shape index (κ2) is 10.6. The number of sulfonamides is 1. The van der Waals surface area contributed by atoms with Crippen molar-refractivity contribution in [2.24, 2.45) is 11.8 Å². The van der Waals surface area contributed by atoms with Gasteiger partial charge in [0, 0.05) is 44.4 Å². The highest BCUT2D eigenvalue weighted by Gasteiger charge is 2.36. The summed E-state index contributed by atoms with van der Waals surface area (Å²) in [4.78, 5) is 17.5. The number of hydrogen-bond acceptors (Lipinski definition) is 4. The maximum atomic E-state index is 13.7. The molecule has 7 nitrogen and oxygen atoms in total. The van der Waals surface area contributed by atoms with Gasteiger partial charge in [0.15, 0.2) is 0 Å². The molecule has 1 aliphatic carbocycles. The van der Waals surface area contributed by atoms with Gasteiger partial charge >= 0.3 is 0 Å². The van der Waals surface area contributed by atoms with Gasteiger partial charge in [-0.1, -0.05) is 27.7 Å². The highest BCUT2D eigenvalue weighted by Crippen LogP contribution is 2.38. The number of halogens is 2. The van der Waals surface area contributed by atoms with Crippen molar-refractivity contribution in [3.8, 4) is 0 Å². The lowest BCUT2D eigenvalue weighted by atomic mass is 9.86. The van der Waals surface area contributed by atoms with Crippen molar-refractivity contribution < 1.29 is 22.0 Å². The van der Waals surface area contributed by atoms with Gasteiger partial charge < -0.3 is 9.88 Å². The predicted molar refractivity (Wildman–Crippen MR) is 140 cm³/mol. The van der Waals surface area contributed by atoms with E-state index in [0.29, 0.717) is 50.8 Å². The van der Waals surface area contributed by atoms with Crippen molar-refractivity contribution in [2.75, 3.05) is 19.6 Å². The smallest absolute Gasteiger partial charge is 0.248 e. The molecule has 206 valence electrons. The summed E-state index contributed by atoms with van der Waals surface area (Å²) in [5, 5.41) is 2.88. The summed E-state index contributed by atoms with van der Waals surface area (Å²) in [6.45, 7) is 9.86. The summed E-state index contributed by atoms with van der Waals surface area (Å²) in [6.07, 6.45) is 2.88. The first-order chi connectivity index (χ1) is 17.3. The van der Waals surface area contributed by atoms with Gasteiger partial charge in [0.05, 0.1) is 21.8 Å². The fourth-order valence-electron chi connectivity index (χ4n) is 5.48. The summed E-state index contributed by atoms with van der Waals surface area (Å²) >= 11 is 0. The van der Waals surface area contributed by atoms with Crippen LogP contribution in [0.3, 0.4) is 0 Å². The topological polar surface area (TPSA) is 84.3 Å². The van der Waals surface area contributed by atoms with Gasteiger partial charge in [-0.25, -0.2) is 22.2 Å². The van der Waals surface area contributed by atoms with Gasteiger partial charge in [-0.3, -0.25) is 4.79 Å². The molecule has 0 spiro atoms. The quantitative estimate of drug-likeness (QED) is 0.533. The molecule has 37 heavy (non-hydrogen) atoms. The molecule has 0 radical (unpaired) electrons. The van der Waals surface area contributed by atoms with Crippen molar-refractivity contribution in [2.45, 2.75) is 95.4 Å². The maximum Gasteiger partial charge on any atom is 0.248 e. The Balaban J connectivity index is 1.61. The zero-order valence-corrected chi connectivity index (χ0v) is 23.2. The monoisotopic (exact) mass is 538 g/mol. The third-order valence-electron chi connectivity index (χ3n) is 7.61. The average Bonchev–Trinajstić information content (AvgIpc) is 3.22. The van der Waals surface area contributed by atoms with Gasteiger partial charge in [-0.2, -0.15) is 4.31 Å². The van der Waals surface area contributed by atoms with E-state index in [-0.39, 0.29) is 47.4 Å². The fourth-order valence-corrected chi connectivity index (χ4v) is 7.03. The van der Waals surface area contributed by atoms with E-state index < -0.39 is 15.9 Å². The molecule has 10 heteroatoms. The van der Waals surface area contributed by atoms with Crippen LogP contribution in [0, 0.1) is 11.8 Å². The van der Waals surface area contributed by atoms with Crippen LogP contribution >= 0.6 is 0 Å². The summed E-state index contributed by atoms with van der Waals surface area (Å²) < 4.78 is 58.1. The number of carbonyl (C=O) groups excluding carboxylic acids is 1. The SMILES string of the molecule is CCCNC(=O)[C@H]1CCCN(S(=O)(=O)c2ccc3c(c2)nc(C(C)(C)C)n3CC2CCC(F)(F)CC2)C1. The molecule has 1 saturated heterocycles. The third kappa shape index (κ3) is 6.16. The van der Waals surface area contributed by atoms with Gasteiger partial charge in [0.25, 0.3) is 0 Å². The Kier molecular flexibility index (Phi) is 8.00. The van der Waals surface area contributed by atoms with E-state index in [1.807, 2.05) is 6.92 Å². The van der Waals surface area contributed by atoms with Crippen molar-refractivity contribution in [3.63, 3.8) is 0 Å². The van der Waals surface area contributed by atoms with E-state index in [4.69, 9.17) is 4.98 Å². The number of aromatic nitrogens is 2. The number of benzene rings is 1. The van der Waals surface area contributed by atoms with Gasteiger partial charge in [-0.15, -0.1) is 0 Å². The van der Waals surface area contributed by atoms with Crippen molar-refractivity contribution in [1.29, 1.82) is 0 Å². The molecule has 1 aromatic carbocycles. The van der Waals surface area contributed by atoms with Crippen LogP contribution in [0.25, 0.3) is 11.0 Å². The number of imidazole rings is 1. The Morgan fingerprint density at radius 3 is 2.54 bits per heavy atom. The molecule has 1 saturated carbocycles. The molecule has 1 atom stereocenters. The Bertz CT molecular complexity index is 1230. The molecule has 2 aliphatic rings. The molecule has 4 rings (SSSR count). The molecule has 1 aliphatic heterocycles. The summed E-state index contributed by atoms with van der Waals surface area (Å²) in [5.41, 5.74) is 1.10. The second-order valence-electron chi connectivity index (χ2n) is 11.7. The zero-order chi connectivity index (χ0) is 27.0. The number of nitrogens with zero attached hydrogens (tertiary/aromatic N) is 3. The number of piperidine rings is 1. The molecular weight excluding hydrogens is 498 g/mol. The van der Waals surface area contributed by atoms with Crippen LogP contribution in [-0.2, 0) is 26.8 Å². The third-order valence-corrected chi connectivity index (χ3v) is 9.47. The molecule has 0 unspecified atom stereocenters. The van der Waals surface area contributed by atoms with E-state index in [2.05, 4.69) is 30.7 Å². The van der Waals surface area contributed by atoms with Gasteiger partial charge in [0.1, 0.15) is 5.82 Å². The molecule has 1 amide bonds. The van der Waals surface area contributed by atoms with Gasteiger partial charge in [-0.05, 0) is 56.2 Å². The molecule has 0 bridgehead atoms. The molecule has 1 aromatic heterocycles. The largest absolute Gasteiger partial charge is 0.356 e. The van der Waals surface area contributed by atoms with Crippen LogP contribution in [0.15, 0.2) is 23.1 Å². The number of hydrogen-bond donors (Lipinski definition) is 1. The molecule has 2 fully saturated rings. The van der Waals surface area contributed by atoms with Crippen LogP contribution in [0.4, 0.5) is 8.78 Å². The lowest BCUT2D eigenvalue weighted by Gasteiger charge is -2.31. The van der Waals surface area contributed by atoms with Crippen LogP contribution in [-0.4, -0.2) is 53.7 Å². The summed E-state index contributed by atoms with van der Waals surface area (Å²) in [5.74, 6) is -2.07. The van der Waals surface area contributed by atoms with Gasteiger partial charge in [0.2, 0.25) is 21.9 Å². The predicted octanol–water partition coefficient (Wildman–Crippen LogP) is 5.09. The Morgan fingerprint density at radius 1 is 1.19 bits per heavy atom. The second-order valence-corrected chi connectivity index (χ2v) is 13.7. The highest BCUT2D eigenvalue weighted by molar-refractivity contribution is 7.89. The fraction of sp³-hybridized carbons (Fsp3) is 0.704. The van der Waals surface area contributed by atoms with E-state index in [1.54, 1.807) is 18.2 Å². The molecule has 1 N–H and O–H groups in total. The van der Waals surface area contributed by atoms with Crippen LogP contribution < -0.4 is 5.32 Å². The first-order valence-corrected chi connectivity index (χ1v) is 14.9. The van der Waals surface area contributed by atoms with E-state index in [9.17, 15) is 22.0 Å². The maximum absolute atomic E-state index is 13.7. The standard InChI is InChI=1S/C27H40F2N4O3S/c1-5-14-30-24(34)20-7-6-15-32(18-20)37(35,36)21-8-9-23-22(16-21)31-25(26(2,3)4)33(23)17-19-10-12-27(28,29)13-11-19/h8-9,16,19-20H,5-7,10-15,17-18H2,1-4H3,(H,30,34)/t20-/m0/s1. The summed E-state index contributed by atoms with van der Waals surface area (Å²) in [7, 11) is -3.80. The number of alkyl halides is 2. The molecular formula is C27H40F2N4O3S. The van der Waals surface area contributed by atoms with Crippen LogP contribution in [0.5, 0.6) is 0 Å². The minimum atomic E-state index is -3.80. The van der Waals surface area contributed by atoms with Crippen LogP contribution in [0.2, 0.25) is 0 Å². The van der Waals surface area contributed by atoms with E-state index in [0.717, 1.165) is 17.8 Å². The first kappa shape index (κ1) is 28.0. The number of fused-ring (bicyclic) bond motifs is 1. The molecule has 2 aromatic rings. The number of rotatable bonds is 7. The number of amides is 1. The minimum Gasteiger partial charge on any atom is -0.356 e. The van der Waals surface area contributed by atoms with E-state index in [1.165, 1.54) is 4.31 Å². The number of nitrogens with one attached hydrogen (secondary N) is 1. The highest BCUT2D eigenvalue weighted by atomic mass is 32.2. The van der Waals surface area contributed by atoms with Crippen molar-refractivity contribution in [3.05, 3.63) is 24.0 Å². The average molecular weight is 539 g/mol. The molecule has 2 heterocycles. The Morgan fingerprint density at radius 2 is 1.89 bits per heavy atom. The first-order valence-electron chi connectivity index (χ1n) is 13.5. The zero-order valence-electron chi connectivity index (χ0n) is 22.4. The van der Waals surface area contributed by atoms with E-state index >= 15 is 0 Å². The minimum absolute atomic E-state index is 0.0914. The Labute approximate surface area is 219 Å². The Hall–Kier alpha value is -2.07. The van der Waals surface area contributed by atoms with Crippen molar-refractivity contribution in [1.82, 2.24) is 19.2 Å². The normalized spacial score (nSPS) is 21.8. The lowest BCUT2D eigenvalue weighted by molar-refractivity contribution is -0.126. The van der Waals surface area contributed by atoms with Crippen molar-refractivity contribution >= 4 is 27.0 Å². The summed E-state index contributed by atoms with van der Waals surface area (Å²) in [6, 6.07) is 5.02. The van der Waals surface area contributed by atoms with Crippen LogP contribution in [0.1, 0.15) is 78.5 Å². The number of carbonyl (C=O) groups is 1.